The second-order valence-electron chi connectivity index (χ2n) is 6.52. The number of aromatic amines is 1. The molecule has 9 nitrogen and oxygen atoms in total. The second-order valence-corrected chi connectivity index (χ2v) is 6.52. The maximum atomic E-state index is 12.0. The van der Waals surface area contributed by atoms with Crippen LogP contribution < -0.4 is 16.2 Å². The molecule has 0 fully saturated rings. The van der Waals surface area contributed by atoms with Crippen molar-refractivity contribution in [2.75, 3.05) is 18.4 Å². The Labute approximate surface area is 160 Å². The molecule has 1 aromatic rings. The lowest BCUT2D eigenvalue weighted by molar-refractivity contribution is 0.251. The molecule has 0 saturated heterocycles. The van der Waals surface area contributed by atoms with Crippen molar-refractivity contribution in [2.24, 2.45) is 5.11 Å². The SMILES string of the molecule is CCCCC(CC)c1cc(=O)[nH]c(NC(=O)NCCCCCCN=[N+]=[N-])n1. The van der Waals surface area contributed by atoms with Gasteiger partial charge in [0.15, 0.2) is 0 Å². The molecule has 0 bridgehead atoms. The Hall–Kier alpha value is -2.54. The van der Waals surface area contributed by atoms with Crippen LogP contribution in [0.3, 0.4) is 0 Å². The van der Waals surface area contributed by atoms with E-state index in [1.165, 1.54) is 6.07 Å². The molecule has 0 radical (unpaired) electrons. The van der Waals surface area contributed by atoms with Crippen molar-refractivity contribution >= 4 is 12.0 Å². The Balaban J connectivity index is 2.45. The van der Waals surface area contributed by atoms with Gasteiger partial charge in [-0.05, 0) is 31.2 Å². The van der Waals surface area contributed by atoms with Crippen LogP contribution in [-0.4, -0.2) is 29.1 Å². The molecule has 3 N–H and O–H groups in total. The van der Waals surface area contributed by atoms with Gasteiger partial charge in [-0.25, -0.2) is 9.78 Å². The highest BCUT2D eigenvalue weighted by atomic mass is 16.2. The van der Waals surface area contributed by atoms with Gasteiger partial charge in [-0.1, -0.05) is 44.6 Å². The molecule has 0 aliphatic rings. The van der Waals surface area contributed by atoms with Gasteiger partial charge in [-0.15, -0.1) is 0 Å². The van der Waals surface area contributed by atoms with Crippen LogP contribution in [0, 0.1) is 0 Å². The number of nitrogens with one attached hydrogen (secondary N) is 3. The summed E-state index contributed by atoms with van der Waals surface area (Å²) in [5, 5.41) is 8.84. The first-order valence-corrected chi connectivity index (χ1v) is 9.77. The third-order valence-electron chi connectivity index (χ3n) is 4.34. The number of anilines is 1. The molecule has 1 heterocycles. The largest absolute Gasteiger partial charge is 0.338 e. The van der Waals surface area contributed by atoms with Gasteiger partial charge in [0.05, 0.1) is 5.69 Å². The van der Waals surface area contributed by atoms with Crippen molar-refractivity contribution in [3.8, 4) is 0 Å². The monoisotopic (exact) mass is 377 g/mol. The Bertz CT molecular complexity index is 668. The quantitative estimate of drug-likeness (QED) is 0.203. The number of carbonyl (C=O) groups excluding carboxylic acids is 1. The average Bonchev–Trinajstić information content (AvgIpc) is 2.64. The van der Waals surface area contributed by atoms with E-state index in [9.17, 15) is 9.59 Å². The van der Waals surface area contributed by atoms with Gasteiger partial charge >= 0.3 is 6.03 Å². The Morgan fingerprint density at radius 1 is 1.30 bits per heavy atom. The number of amides is 2. The average molecular weight is 377 g/mol. The van der Waals surface area contributed by atoms with E-state index >= 15 is 0 Å². The summed E-state index contributed by atoms with van der Waals surface area (Å²) in [6, 6.07) is 1.13. The molecular formula is C18H31N7O2. The Kier molecular flexibility index (Phi) is 11.4. The van der Waals surface area contributed by atoms with Gasteiger partial charge in [-0.3, -0.25) is 15.1 Å². The van der Waals surface area contributed by atoms with Gasteiger partial charge in [0.25, 0.3) is 5.56 Å². The summed E-state index contributed by atoms with van der Waals surface area (Å²) in [5.74, 6) is 0.403. The number of unbranched alkanes of at least 4 members (excludes halogenated alkanes) is 4. The first kappa shape index (κ1) is 22.5. The lowest BCUT2D eigenvalue weighted by Gasteiger charge is -2.14. The zero-order valence-corrected chi connectivity index (χ0v) is 16.3. The van der Waals surface area contributed by atoms with Crippen LogP contribution in [0.25, 0.3) is 10.4 Å². The minimum atomic E-state index is -0.383. The molecule has 150 valence electrons. The molecule has 1 unspecified atom stereocenters. The van der Waals surface area contributed by atoms with Crippen LogP contribution in [0.15, 0.2) is 16.0 Å². The topological polar surface area (TPSA) is 136 Å². The van der Waals surface area contributed by atoms with Crippen molar-refractivity contribution in [2.45, 2.75) is 71.1 Å². The van der Waals surface area contributed by atoms with Gasteiger partial charge in [0.1, 0.15) is 0 Å². The smallest absolute Gasteiger partial charge is 0.321 e. The molecular weight excluding hydrogens is 346 g/mol. The standard InChI is InChI=1S/C18H31N7O2/c1-3-5-10-14(4-2)15-13-16(26)23-17(22-15)24-18(27)20-11-8-6-7-9-12-21-25-19/h13-14H,3-12H2,1-2H3,(H3,20,22,23,24,26,27). The van der Waals surface area contributed by atoms with Gasteiger partial charge < -0.3 is 5.32 Å². The van der Waals surface area contributed by atoms with Gasteiger partial charge in [0.2, 0.25) is 5.95 Å². The number of rotatable bonds is 13. The molecule has 1 rings (SSSR count). The first-order valence-electron chi connectivity index (χ1n) is 9.77. The maximum Gasteiger partial charge on any atom is 0.321 e. The van der Waals surface area contributed by atoms with Crippen LogP contribution in [0.2, 0.25) is 0 Å². The first-order chi connectivity index (χ1) is 13.1. The van der Waals surface area contributed by atoms with Gasteiger partial charge in [0, 0.05) is 30.0 Å². The predicted molar refractivity (Wildman–Crippen MR) is 107 cm³/mol. The van der Waals surface area contributed by atoms with Gasteiger partial charge in [-0.2, -0.15) is 0 Å². The van der Waals surface area contributed by atoms with E-state index in [-0.39, 0.29) is 23.5 Å². The molecule has 9 heteroatoms. The third kappa shape index (κ3) is 9.65. The van der Waals surface area contributed by atoms with E-state index in [4.69, 9.17) is 5.53 Å². The Morgan fingerprint density at radius 3 is 2.78 bits per heavy atom. The van der Waals surface area contributed by atoms with Crippen LogP contribution >= 0.6 is 0 Å². The van der Waals surface area contributed by atoms with E-state index in [0.717, 1.165) is 57.1 Å². The highest BCUT2D eigenvalue weighted by Crippen LogP contribution is 2.23. The summed E-state index contributed by atoms with van der Waals surface area (Å²) in [4.78, 5) is 33.6. The van der Waals surface area contributed by atoms with Crippen molar-refractivity contribution in [3.05, 3.63) is 32.6 Å². The minimum absolute atomic E-state index is 0.180. The summed E-state index contributed by atoms with van der Waals surface area (Å²) in [7, 11) is 0. The van der Waals surface area contributed by atoms with Crippen LogP contribution in [0.5, 0.6) is 0 Å². The molecule has 2 amide bonds. The number of carbonyl (C=O) groups is 1. The fourth-order valence-corrected chi connectivity index (χ4v) is 2.82. The lowest BCUT2D eigenvalue weighted by Crippen LogP contribution is -2.31. The molecule has 27 heavy (non-hydrogen) atoms. The van der Waals surface area contributed by atoms with Crippen LogP contribution in [0.1, 0.15) is 76.8 Å². The number of azide groups is 1. The minimum Gasteiger partial charge on any atom is -0.338 e. The van der Waals surface area contributed by atoms with Crippen LogP contribution in [-0.2, 0) is 0 Å². The normalized spacial score (nSPS) is 11.5. The predicted octanol–water partition coefficient (Wildman–Crippen LogP) is 4.45. The molecule has 0 aromatic carbocycles. The van der Waals surface area contributed by atoms with E-state index < -0.39 is 0 Å². The highest BCUT2D eigenvalue weighted by molar-refractivity contribution is 5.87. The molecule has 0 aliphatic carbocycles. The summed E-state index contributed by atoms with van der Waals surface area (Å²) >= 11 is 0. The summed E-state index contributed by atoms with van der Waals surface area (Å²) in [5.41, 5.74) is 8.65. The summed E-state index contributed by atoms with van der Waals surface area (Å²) in [6.07, 6.45) is 7.65. The van der Waals surface area contributed by atoms with Crippen molar-refractivity contribution < 1.29 is 4.79 Å². The van der Waals surface area contributed by atoms with Crippen LogP contribution in [0.4, 0.5) is 10.7 Å². The van der Waals surface area contributed by atoms with E-state index in [2.05, 4.69) is 44.5 Å². The zero-order valence-electron chi connectivity index (χ0n) is 16.3. The number of hydrogen-bond acceptors (Lipinski definition) is 4. The number of H-pyrrole nitrogens is 1. The highest BCUT2D eigenvalue weighted by Gasteiger charge is 2.13. The Morgan fingerprint density at radius 2 is 2.07 bits per heavy atom. The number of urea groups is 1. The summed E-state index contributed by atoms with van der Waals surface area (Å²) < 4.78 is 0. The number of aromatic nitrogens is 2. The lowest BCUT2D eigenvalue weighted by atomic mass is 9.96. The van der Waals surface area contributed by atoms with E-state index in [0.29, 0.717) is 13.1 Å². The molecule has 0 spiro atoms. The fourth-order valence-electron chi connectivity index (χ4n) is 2.82. The zero-order chi connectivity index (χ0) is 19.9. The molecule has 1 aromatic heterocycles. The third-order valence-corrected chi connectivity index (χ3v) is 4.34. The van der Waals surface area contributed by atoms with Crippen molar-refractivity contribution in [1.82, 2.24) is 15.3 Å². The summed E-state index contributed by atoms with van der Waals surface area (Å²) in [6.45, 7) is 5.26. The number of hydrogen-bond donors (Lipinski definition) is 3. The fraction of sp³-hybridized carbons (Fsp3) is 0.722. The van der Waals surface area contributed by atoms with Crippen molar-refractivity contribution in [3.63, 3.8) is 0 Å². The molecule has 0 saturated carbocycles. The maximum absolute atomic E-state index is 12.0. The van der Waals surface area contributed by atoms with E-state index in [1.807, 2.05) is 0 Å². The van der Waals surface area contributed by atoms with Crippen molar-refractivity contribution in [1.29, 1.82) is 0 Å². The second kappa shape index (κ2) is 13.6. The molecule has 1 atom stereocenters. The molecule has 0 aliphatic heterocycles. The number of nitrogens with zero attached hydrogens (tertiary/aromatic N) is 4. The van der Waals surface area contributed by atoms with E-state index in [1.54, 1.807) is 0 Å².